The van der Waals surface area contributed by atoms with Gasteiger partial charge in [-0.15, -0.1) is 0 Å². The van der Waals surface area contributed by atoms with Gasteiger partial charge in [-0.3, -0.25) is 5.10 Å². The van der Waals surface area contributed by atoms with Crippen LogP contribution in [0.5, 0.6) is 0 Å². The Hall–Kier alpha value is -1.98. The largest absolute Gasteiger partial charge is 0.394 e. The summed E-state index contributed by atoms with van der Waals surface area (Å²) in [6, 6.07) is 0. The first-order chi connectivity index (χ1) is 7.31. The number of nitrogens with two attached hydrogens (primary N) is 1. The summed E-state index contributed by atoms with van der Waals surface area (Å²) in [6.07, 6.45) is 4.87. The molecular formula is C9H14N6. The second-order valence-electron chi connectivity index (χ2n) is 3.40. The average Bonchev–Trinajstić information content (AvgIpc) is 2.65. The maximum absolute atomic E-state index is 7.29. The number of allylic oxidation sites excluding steroid dienone is 1. The fourth-order valence-corrected chi connectivity index (χ4v) is 1.52. The Morgan fingerprint density at radius 1 is 1.60 bits per heavy atom. The van der Waals surface area contributed by atoms with E-state index in [4.69, 9.17) is 11.1 Å². The lowest BCUT2D eigenvalue weighted by atomic mass is 10.1. The Bertz CT molecular complexity index is 391. The van der Waals surface area contributed by atoms with Crippen molar-refractivity contribution in [1.29, 1.82) is 5.41 Å². The van der Waals surface area contributed by atoms with Crippen LogP contribution in [0.25, 0.3) is 0 Å². The molecule has 0 unspecified atom stereocenters. The van der Waals surface area contributed by atoms with Crippen LogP contribution in [-0.2, 0) is 0 Å². The normalized spacial score (nSPS) is 16.0. The molecule has 0 saturated heterocycles. The third-order valence-electron chi connectivity index (χ3n) is 2.34. The van der Waals surface area contributed by atoms with Crippen molar-refractivity contribution in [3.8, 4) is 0 Å². The van der Waals surface area contributed by atoms with Crippen molar-refractivity contribution < 1.29 is 0 Å². The van der Waals surface area contributed by atoms with Gasteiger partial charge in [0.2, 0.25) is 0 Å². The molecule has 6 nitrogen and oxygen atoms in total. The number of aromatic nitrogens is 2. The van der Waals surface area contributed by atoms with Crippen LogP contribution in [0.2, 0.25) is 0 Å². The fraction of sp³-hybridized carbons (Fsp3) is 0.333. The minimum absolute atomic E-state index is 0.569. The molecule has 0 aliphatic carbocycles. The maximum atomic E-state index is 7.29. The summed E-state index contributed by atoms with van der Waals surface area (Å²) in [4.78, 5) is 0. The van der Waals surface area contributed by atoms with Gasteiger partial charge in [0.15, 0.2) is 5.82 Å². The van der Waals surface area contributed by atoms with Crippen molar-refractivity contribution in [1.82, 2.24) is 15.5 Å². The van der Waals surface area contributed by atoms with E-state index in [9.17, 15) is 0 Å². The SMILES string of the molecule is N=CC1=C(Nc2[nH]ncc2N)NCCC1. The number of H-pyrrole nitrogens is 1. The zero-order valence-corrected chi connectivity index (χ0v) is 8.30. The molecule has 1 aromatic rings. The Labute approximate surface area is 87.4 Å². The minimum Gasteiger partial charge on any atom is -0.394 e. The van der Waals surface area contributed by atoms with Crippen molar-refractivity contribution in [2.24, 2.45) is 0 Å². The zero-order valence-electron chi connectivity index (χ0n) is 8.30. The van der Waals surface area contributed by atoms with Crippen molar-refractivity contribution in [2.45, 2.75) is 12.8 Å². The van der Waals surface area contributed by atoms with E-state index in [-0.39, 0.29) is 0 Å². The highest BCUT2D eigenvalue weighted by molar-refractivity contribution is 5.78. The first-order valence-electron chi connectivity index (χ1n) is 4.84. The van der Waals surface area contributed by atoms with Crippen molar-refractivity contribution in [2.75, 3.05) is 17.6 Å². The minimum atomic E-state index is 0.569. The number of anilines is 2. The Kier molecular flexibility index (Phi) is 2.57. The summed E-state index contributed by atoms with van der Waals surface area (Å²) in [7, 11) is 0. The van der Waals surface area contributed by atoms with Gasteiger partial charge in [-0.1, -0.05) is 0 Å². The van der Waals surface area contributed by atoms with E-state index in [1.54, 1.807) is 6.20 Å². The van der Waals surface area contributed by atoms with Gasteiger partial charge in [0.1, 0.15) is 5.82 Å². The Morgan fingerprint density at radius 2 is 2.47 bits per heavy atom. The molecule has 0 bridgehead atoms. The third kappa shape index (κ3) is 1.93. The Balaban J connectivity index is 2.20. The fourth-order valence-electron chi connectivity index (χ4n) is 1.52. The predicted octanol–water partition coefficient (Wildman–Crippen LogP) is 0.648. The predicted molar refractivity (Wildman–Crippen MR) is 59.7 cm³/mol. The van der Waals surface area contributed by atoms with E-state index in [1.165, 1.54) is 6.21 Å². The summed E-state index contributed by atoms with van der Waals surface area (Å²) in [6.45, 7) is 0.910. The quantitative estimate of drug-likeness (QED) is 0.468. The van der Waals surface area contributed by atoms with Gasteiger partial charge in [0.25, 0.3) is 0 Å². The molecule has 6 heteroatoms. The molecule has 0 atom stereocenters. The molecule has 2 rings (SSSR count). The summed E-state index contributed by atoms with van der Waals surface area (Å²) < 4.78 is 0. The first-order valence-corrected chi connectivity index (χ1v) is 4.84. The molecule has 0 saturated carbocycles. The molecule has 0 amide bonds. The maximum Gasteiger partial charge on any atom is 0.150 e. The average molecular weight is 206 g/mol. The van der Waals surface area contributed by atoms with Crippen molar-refractivity contribution in [3.05, 3.63) is 17.6 Å². The van der Waals surface area contributed by atoms with E-state index in [2.05, 4.69) is 20.8 Å². The highest BCUT2D eigenvalue weighted by Gasteiger charge is 2.11. The van der Waals surface area contributed by atoms with Crippen LogP contribution >= 0.6 is 0 Å². The molecule has 0 spiro atoms. The van der Waals surface area contributed by atoms with Crippen LogP contribution in [0.15, 0.2) is 17.6 Å². The van der Waals surface area contributed by atoms with E-state index in [0.29, 0.717) is 11.5 Å². The number of aromatic amines is 1. The van der Waals surface area contributed by atoms with Crippen LogP contribution in [0, 0.1) is 5.41 Å². The van der Waals surface area contributed by atoms with Crippen LogP contribution < -0.4 is 16.4 Å². The number of hydrogen-bond donors (Lipinski definition) is 5. The molecule has 1 aromatic heterocycles. The molecule has 0 fully saturated rings. The van der Waals surface area contributed by atoms with E-state index < -0.39 is 0 Å². The molecule has 15 heavy (non-hydrogen) atoms. The van der Waals surface area contributed by atoms with Gasteiger partial charge >= 0.3 is 0 Å². The lowest BCUT2D eigenvalue weighted by Crippen LogP contribution is -2.27. The van der Waals surface area contributed by atoms with Crippen molar-refractivity contribution >= 4 is 17.7 Å². The third-order valence-corrected chi connectivity index (χ3v) is 2.34. The van der Waals surface area contributed by atoms with Gasteiger partial charge in [-0.05, 0) is 12.8 Å². The van der Waals surface area contributed by atoms with Crippen LogP contribution in [0.4, 0.5) is 11.5 Å². The molecule has 2 heterocycles. The van der Waals surface area contributed by atoms with Crippen LogP contribution in [-0.4, -0.2) is 23.0 Å². The van der Waals surface area contributed by atoms with E-state index in [0.717, 1.165) is 30.8 Å². The summed E-state index contributed by atoms with van der Waals surface area (Å²) in [5, 5.41) is 20.2. The summed E-state index contributed by atoms with van der Waals surface area (Å²) >= 11 is 0. The number of hydrogen-bond acceptors (Lipinski definition) is 5. The topological polar surface area (TPSA) is 103 Å². The second kappa shape index (κ2) is 4.04. The standard InChI is InChI=1S/C9H14N6/c10-4-6-2-1-3-12-8(6)14-9-7(11)5-13-15-9/h4-5,10,12H,1-3,11H2,(H2,13,14,15). The van der Waals surface area contributed by atoms with E-state index >= 15 is 0 Å². The molecule has 80 valence electrons. The molecule has 1 aliphatic heterocycles. The molecule has 6 N–H and O–H groups in total. The molecule has 1 aliphatic rings. The van der Waals surface area contributed by atoms with Gasteiger partial charge in [-0.25, -0.2) is 0 Å². The van der Waals surface area contributed by atoms with Crippen LogP contribution in [0.3, 0.4) is 0 Å². The van der Waals surface area contributed by atoms with Gasteiger partial charge < -0.3 is 21.8 Å². The number of nitrogens with one attached hydrogen (secondary N) is 4. The number of rotatable bonds is 3. The first kappa shape index (κ1) is 9.57. The second-order valence-corrected chi connectivity index (χ2v) is 3.40. The zero-order chi connectivity index (χ0) is 10.7. The van der Waals surface area contributed by atoms with Gasteiger partial charge in [0.05, 0.1) is 11.9 Å². The lowest BCUT2D eigenvalue weighted by Gasteiger charge is -2.20. The molecular weight excluding hydrogens is 192 g/mol. The van der Waals surface area contributed by atoms with Crippen molar-refractivity contribution in [3.63, 3.8) is 0 Å². The van der Waals surface area contributed by atoms with Gasteiger partial charge in [0, 0.05) is 18.3 Å². The smallest absolute Gasteiger partial charge is 0.150 e. The highest BCUT2D eigenvalue weighted by Crippen LogP contribution is 2.18. The van der Waals surface area contributed by atoms with E-state index in [1.807, 2.05) is 0 Å². The van der Waals surface area contributed by atoms with Gasteiger partial charge in [-0.2, -0.15) is 5.10 Å². The highest BCUT2D eigenvalue weighted by atomic mass is 15.2. The molecule has 0 aromatic carbocycles. The Morgan fingerprint density at radius 3 is 3.13 bits per heavy atom. The lowest BCUT2D eigenvalue weighted by molar-refractivity contribution is 0.681. The van der Waals surface area contributed by atoms with Crippen LogP contribution in [0.1, 0.15) is 12.8 Å². The summed E-state index contributed by atoms with van der Waals surface area (Å²) in [5.41, 5.74) is 7.20. The monoisotopic (exact) mass is 206 g/mol. The number of nitrogen functional groups attached to an aromatic ring is 1. The molecule has 0 radical (unpaired) electrons. The summed E-state index contributed by atoms with van der Waals surface area (Å²) in [5.74, 6) is 1.51. The number of nitrogens with zero attached hydrogens (tertiary/aromatic N) is 1.